The molecule has 3 atom stereocenters. The van der Waals surface area contributed by atoms with Crippen molar-refractivity contribution in [2.45, 2.75) is 57.2 Å². The second kappa shape index (κ2) is 7.76. The lowest BCUT2D eigenvalue weighted by Gasteiger charge is -2.31. The normalized spacial score (nSPS) is 25.6. The van der Waals surface area contributed by atoms with Gasteiger partial charge in [-0.3, -0.25) is 4.79 Å². The van der Waals surface area contributed by atoms with Crippen LogP contribution >= 0.6 is 11.8 Å². The fourth-order valence-electron chi connectivity index (χ4n) is 2.39. The molecule has 1 rings (SSSR count). The number of rotatable bonds is 6. The van der Waals surface area contributed by atoms with Crippen LogP contribution in [0.3, 0.4) is 0 Å². The Labute approximate surface area is 125 Å². The first-order valence-corrected chi connectivity index (χ1v) is 8.52. The van der Waals surface area contributed by atoms with Crippen LogP contribution in [0.15, 0.2) is 0 Å². The zero-order valence-electron chi connectivity index (χ0n) is 12.6. The molecule has 3 unspecified atom stereocenters. The van der Waals surface area contributed by atoms with Crippen LogP contribution in [0.2, 0.25) is 0 Å². The first-order chi connectivity index (χ1) is 9.42. The number of carboxylic acid groups (broad SMARTS) is 1. The van der Waals surface area contributed by atoms with Gasteiger partial charge >= 0.3 is 12.0 Å². The van der Waals surface area contributed by atoms with E-state index in [1.807, 2.05) is 6.92 Å². The molecule has 1 aliphatic rings. The van der Waals surface area contributed by atoms with E-state index in [-0.39, 0.29) is 18.6 Å². The quantitative estimate of drug-likeness (QED) is 0.704. The predicted molar refractivity (Wildman–Crippen MR) is 82.1 cm³/mol. The molecule has 0 spiro atoms. The maximum atomic E-state index is 11.9. The highest BCUT2D eigenvalue weighted by Gasteiger charge is 2.32. The Morgan fingerprint density at radius 2 is 2.00 bits per heavy atom. The second-order valence-electron chi connectivity index (χ2n) is 5.71. The Bertz CT molecular complexity index is 351. The number of urea groups is 1. The number of thioether (sulfide) groups is 1. The number of aliphatic carboxylic acids is 1. The van der Waals surface area contributed by atoms with Crippen LogP contribution in [-0.4, -0.2) is 41.2 Å². The topological polar surface area (TPSA) is 78.4 Å². The van der Waals surface area contributed by atoms with Gasteiger partial charge < -0.3 is 15.7 Å². The molecule has 20 heavy (non-hydrogen) atoms. The van der Waals surface area contributed by atoms with Crippen LogP contribution in [-0.2, 0) is 4.79 Å². The lowest BCUT2D eigenvalue weighted by Crippen LogP contribution is -2.50. The molecular weight excluding hydrogens is 276 g/mol. The fourth-order valence-corrected chi connectivity index (χ4v) is 3.33. The molecule has 1 fully saturated rings. The minimum Gasteiger partial charge on any atom is -0.481 e. The molecule has 2 amide bonds. The molecule has 116 valence electrons. The minimum absolute atomic E-state index is 0.154. The lowest BCUT2D eigenvalue weighted by atomic mass is 9.88. The molecule has 0 bridgehead atoms. The van der Waals surface area contributed by atoms with Crippen LogP contribution < -0.4 is 10.6 Å². The Hall–Kier alpha value is -0.910. The molecule has 1 aliphatic carbocycles. The summed E-state index contributed by atoms with van der Waals surface area (Å²) >= 11 is 1.79. The van der Waals surface area contributed by atoms with Crippen LogP contribution in [0.25, 0.3) is 0 Å². The lowest BCUT2D eigenvalue weighted by molar-refractivity contribution is -0.147. The summed E-state index contributed by atoms with van der Waals surface area (Å²) in [6, 6.07) is -0.0617. The molecule has 0 aromatic rings. The highest BCUT2D eigenvalue weighted by atomic mass is 32.2. The van der Waals surface area contributed by atoms with Crippen molar-refractivity contribution < 1.29 is 14.7 Å². The van der Waals surface area contributed by atoms with Gasteiger partial charge in [-0.25, -0.2) is 4.79 Å². The average Bonchev–Trinajstić information content (AvgIpc) is 2.45. The SMILES string of the molecule is CCC(C)(CNC(=O)NC1CCCCC1SC)C(=O)O. The molecule has 0 heterocycles. The van der Waals surface area contributed by atoms with E-state index in [2.05, 4.69) is 16.9 Å². The van der Waals surface area contributed by atoms with Gasteiger partial charge in [0.1, 0.15) is 0 Å². The van der Waals surface area contributed by atoms with E-state index in [0.29, 0.717) is 11.7 Å². The van der Waals surface area contributed by atoms with Gasteiger partial charge in [0, 0.05) is 17.8 Å². The molecule has 0 aromatic carbocycles. The van der Waals surface area contributed by atoms with Gasteiger partial charge in [0.25, 0.3) is 0 Å². The highest BCUT2D eigenvalue weighted by molar-refractivity contribution is 7.99. The molecule has 6 heteroatoms. The number of carbonyl (C=O) groups excluding carboxylic acids is 1. The molecule has 0 radical (unpaired) electrons. The summed E-state index contributed by atoms with van der Waals surface area (Å²) in [6.45, 7) is 3.63. The monoisotopic (exact) mass is 302 g/mol. The van der Waals surface area contributed by atoms with Crippen molar-refractivity contribution in [2.75, 3.05) is 12.8 Å². The van der Waals surface area contributed by atoms with Gasteiger partial charge in [-0.1, -0.05) is 19.8 Å². The van der Waals surface area contributed by atoms with Gasteiger partial charge in [0.2, 0.25) is 0 Å². The van der Waals surface area contributed by atoms with Crippen molar-refractivity contribution in [3.05, 3.63) is 0 Å². The second-order valence-corrected chi connectivity index (χ2v) is 6.79. The van der Waals surface area contributed by atoms with Crippen molar-refractivity contribution in [3.8, 4) is 0 Å². The molecule has 0 saturated heterocycles. The number of carboxylic acids is 1. The fraction of sp³-hybridized carbons (Fsp3) is 0.857. The molecule has 0 aliphatic heterocycles. The Kier molecular flexibility index (Phi) is 6.65. The summed E-state index contributed by atoms with van der Waals surface area (Å²) in [5.74, 6) is -0.875. The highest BCUT2D eigenvalue weighted by Crippen LogP contribution is 2.27. The third-order valence-corrected chi connectivity index (χ3v) is 5.43. The van der Waals surface area contributed by atoms with Crippen molar-refractivity contribution in [3.63, 3.8) is 0 Å². The van der Waals surface area contributed by atoms with E-state index in [1.165, 1.54) is 6.42 Å². The third kappa shape index (κ3) is 4.58. The number of nitrogens with one attached hydrogen (secondary N) is 2. The maximum Gasteiger partial charge on any atom is 0.315 e. The molecule has 3 N–H and O–H groups in total. The standard InChI is InChI=1S/C14H26N2O3S/c1-4-14(2,12(17)18)9-15-13(19)16-10-7-5-6-8-11(10)20-3/h10-11H,4-9H2,1-3H3,(H,17,18)(H2,15,16,19). The first kappa shape index (κ1) is 17.1. The average molecular weight is 302 g/mol. The summed E-state index contributed by atoms with van der Waals surface area (Å²) in [5.41, 5.74) is -0.900. The van der Waals surface area contributed by atoms with Crippen LogP contribution in [0.5, 0.6) is 0 Å². The van der Waals surface area contributed by atoms with Gasteiger partial charge in [0.15, 0.2) is 0 Å². The van der Waals surface area contributed by atoms with E-state index >= 15 is 0 Å². The van der Waals surface area contributed by atoms with Gasteiger partial charge in [0.05, 0.1) is 5.41 Å². The van der Waals surface area contributed by atoms with Crippen molar-refractivity contribution in [1.29, 1.82) is 0 Å². The van der Waals surface area contributed by atoms with Crippen LogP contribution in [0.4, 0.5) is 4.79 Å². The van der Waals surface area contributed by atoms with E-state index < -0.39 is 11.4 Å². The summed E-state index contributed by atoms with van der Waals surface area (Å²) < 4.78 is 0. The Morgan fingerprint density at radius 3 is 2.55 bits per heavy atom. The number of hydrogen-bond acceptors (Lipinski definition) is 3. The summed E-state index contributed by atoms with van der Waals surface area (Å²) in [6.07, 6.45) is 7.06. The summed E-state index contributed by atoms with van der Waals surface area (Å²) in [5, 5.41) is 15.3. The van der Waals surface area contributed by atoms with Crippen molar-refractivity contribution in [2.24, 2.45) is 5.41 Å². The Morgan fingerprint density at radius 1 is 1.35 bits per heavy atom. The third-order valence-electron chi connectivity index (χ3n) is 4.26. The summed E-state index contributed by atoms with van der Waals surface area (Å²) in [4.78, 5) is 23.1. The number of amides is 2. The zero-order chi connectivity index (χ0) is 15.2. The molecular formula is C14H26N2O3S. The van der Waals surface area contributed by atoms with Crippen molar-refractivity contribution >= 4 is 23.8 Å². The van der Waals surface area contributed by atoms with Crippen LogP contribution in [0.1, 0.15) is 46.0 Å². The molecule has 0 aromatic heterocycles. The summed E-state index contributed by atoms with van der Waals surface area (Å²) in [7, 11) is 0. The largest absolute Gasteiger partial charge is 0.481 e. The Balaban J connectivity index is 2.45. The van der Waals surface area contributed by atoms with E-state index in [4.69, 9.17) is 0 Å². The minimum atomic E-state index is -0.900. The van der Waals surface area contributed by atoms with E-state index in [1.54, 1.807) is 18.7 Å². The number of hydrogen-bond donors (Lipinski definition) is 3. The van der Waals surface area contributed by atoms with Gasteiger partial charge in [-0.2, -0.15) is 11.8 Å². The zero-order valence-corrected chi connectivity index (χ0v) is 13.4. The van der Waals surface area contributed by atoms with Crippen LogP contribution in [0, 0.1) is 5.41 Å². The van der Waals surface area contributed by atoms with Gasteiger partial charge in [-0.05, 0) is 32.4 Å². The number of carbonyl (C=O) groups is 2. The van der Waals surface area contributed by atoms with Crippen molar-refractivity contribution in [1.82, 2.24) is 10.6 Å². The van der Waals surface area contributed by atoms with E-state index in [0.717, 1.165) is 19.3 Å². The maximum absolute atomic E-state index is 11.9. The van der Waals surface area contributed by atoms with Gasteiger partial charge in [-0.15, -0.1) is 0 Å². The first-order valence-electron chi connectivity index (χ1n) is 7.23. The predicted octanol–water partition coefficient (Wildman–Crippen LogP) is 2.46. The molecule has 5 nitrogen and oxygen atoms in total. The van der Waals surface area contributed by atoms with E-state index in [9.17, 15) is 14.7 Å². The smallest absolute Gasteiger partial charge is 0.315 e. The molecule has 1 saturated carbocycles.